The fraction of sp³-hybridized carbons (Fsp3) is 0.679. The molecule has 2 unspecified atom stereocenters. The summed E-state index contributed by atoms with van der Waals surface area (Å²) in [6.07, 6.45) is 2.89. The Morgan fingerprint density at radius 2 is 1.86 bits per heavy atom. The molecule has 198 valence electrons. The molecule has 7 nitrogen and oxygen atoms in total. The summed E-state index contributed by atoms with van der Waals surface area (Å²) < 4.78 is -1.08. The first-order valence-corrected chi connectivity index (χ1v) is 14.1. The highest BCUT2D eigenvalue weighted by molar-refractivity contribution is 8.02. The molecule has 0 aliphatic carbocycles. The fourth-order valence-electron chi connectivity index (χ4n) is 6.84. The van der Waals surface area contributed by atoms with Crippen molar-refractivity contribution < 1.29 is 19.5 Å². The number of aryl methyl sites for hydroxylation is 2. The third-order valence-corrected chi connectivity index (χ3v) is 10.4. The van der Waals surface area contributed by atoms with Crippen LogP contribution in [0.2, 0.25) is 0 Å². The van der Waals surface area contributed by atoms with Crippen LogP contribution in [0.3, 0.4) is 0 Å². The fourth-order valence-corrected chi connectivity index (χ4v) is 9.18. The number of amides is 3. The van der Waals surface area contributed by atoms with Crippen molar-refractivity contribution in [3.8, 4) is 0 Å². The van der Waals surface area contributed by atoms with E-state index in [0.717, 1.165) is 29.7 Å². The van der Waals surface area contributed by atoms with Crippen molar-refractivity contribution in [2.45, 2.75) is 88.8 Å². The number of likely N-dealkylation sites (tertiary alicyclic amines) is 1. The van der Waals surface area contributed by atoms with Gasteiger partial charge in [-0.25, -0.2) is 0 Å². The van der Waals surface area contributed by atoms with Crippen molar-refractivity contribution in [1.29, 1.82) is 0 Å². The molecule has 8 heteroatoms. The van der Waals surface area contributed by atoms with Gasteiger partial charge in [-0.3, -0.25) is 14.4 Å². The van der Waals surface area contributed by atoms with Crippen LogP contribution in [0.5, 0.6) is 0 Å². The van der Waals surface area contributed by atoms with Gasteiger partial charge in [0, 0.05) is 17.0 Å². The summed E-state index contributed by atoms with van der Waals surface area (Å²) in [4.78, 5) is 43.5. The van der Waals surface area contributed by atoms with Gasteiger partial charge in [-0.15, -0.1) is 11.8 Å². The largest absolute Gasteiger partial charge is 0.394 e. The molecular formula is C28H41N3O4S. The van der Waals surface area contributed by atoms with E-state index >= 15 is 0 Å². The number of nitrogens with one attached hydrogen (secondary N) is 2. The van der Waals surface area contributed by atoms with Gasteiger partial charge in [0.05, 0.1) is 29.2 Å². The molecule has 3 heterocycles. The van der Waals surface area contributed by atoms with Crippen LogP contribution in [0.15, 0.2) is 18.2 Å². The maximum atomic E-state index is 14.2. The van der Waals surface area contributed by atoms with Crippen molar-refractivity contribution in [3.05, 3.63) is 29.3 Å². The first-order valence-electron chi connectivity index (χ1n) is 13.3. The number of hydrogen-bond donors (Lipinski definition) is 3. The topological polar surface area (TPSA) is 98.7 Å². The Morgan fingerprint density at radius 1 is 1.19 bits per heavy atom. The number of benzene rings is 1. The predicted molar refractivity (Wildman–Crippen MR) is 144 cm³/mol. The highest BCUT2D eigenvalue weighted by Gasteiger charge is 2.77. The van der Waals surface area contributed by atoms with Gasteiger partial charge in [-0.2, -0.15) is 0 Å². The van der Waals surface area contributed by atoms with E-state index in [4.69, 9.17) is 0 Å². The lowest BCUT2D eigenvalue weighted by molar-refractivity contribution is -0.143. The molecule has 36 heavy (non-hydrogen) atoms. The van der Waals surface area contributed by atoms with E-state index in [2.05, 4.69) is 31.4 Å². The van der Waals surface area contributed by atoms with Gasteiger partial charge in [-0.1, -0.05) is 39.0 Å². The zero-order valence-electron chi connectivity index (χ0n) is 22.4. The van der Waals surface area contributed by atoms with Crippen molar-refractivity contribution >= 4 is 35.2 Å². The molecule has 3 N–H and O–H groups in total. The number of carbonyl (C=O) groups is 3. The molecule has 0 aromatic heterocycles. The maximum absolute atomic E-state index is 14.2. The molecule has 4 rings (SSSR count). The van der Waals surface area contributed by atoms with Gasteiger partial charge >= 0.3 is 0 Å². The van der Waals surface area contributed by atoms with Crippen LogP contribution in [-0.2, 0) is 14.4 Å². The lowest BCUT2D eigenvalue weighted by atomic mass is 9.66. The number of fused-ring (bicyclic) bond motifs is 1. The number of anilines is 1. The standard InChI is InChI=1S/C28H41N3O4S/c1-7-13-29-24(33)20-21-26(35)31(19(15-32)14-16(2)3)23(28(21)12-11-27(20,6)36-28)25(34)30-22-17(4)9-8-10-18(22)5/h8-10,16,19-21,23,32H,7,11-15H2,1-6H3,(H,29,33)(H,30,34)/t19-,20+,21+,23?,27-,28?/m1/s1. The van der Waals surface area contributed by atoms with Crippen LogP contribution < -0.4 is 10.6 Å². The van der Waals surface area contributed by atoms with E-state index in [1.54, 1.807) is 16.7 Å². The first kappa shape index (κ1) is 27.0. The average Bonchev–Trinajstić information content (AvgIpc) is 3.39. The second-order valence-electron chi connectivity index (χ2n) is 11.5. The molecule has 0 radical (unpaired) electrons. The van der Waals surface area contributed by atoms with Gasteiger partial charge < -0.3 is 20.6 Å². The third kappa shape index (κ3) is 4.24. The molecule has 3 fully saturated rings. The summed E-state index contributed by atoms with van der Waals surface area (Å²) in [5, 5.41) is 16.6. The van der Waals surface area contributed by atoms with Gasteiger partial charge in [0.2, 0.25) is 17.7 Å². The quantitative estimate of drug-likeness (QED) is 0.466. The summed E-state index contributed by atoms with van der Waals surface area (Å²) >= 11 is 1.67. The van der Waals surface area contributed by atoms with Crippen LogP contribution in [0.25, 0.3) is 0 Å². The molecule has 3 aliphatic heterocycles. The second-order valence-corrected chi connectivity index (χ2v) is 13.4. The Hall–Kier alpha value is -2.06. The molecule has 6 atom stereocenters. The number of thioether (sulfide) groups is 1. The van der Waals surface area contributed by atoms with Crippen molar-refractivity contribution in [2.24, 2.45) is 17.8 Å². The molecule has 3 aliphatic rings. The van der Waals surface area contributed by atoms with E-state index in [9.17, 15) is 19.5 Å². The minimum atomic E-state index is -0.749. The van der Waals surface area contributed by atoms with E-state index in [-0.39, 0.29) is 30.2 Å². The zero-order valence-corrected chi connectivity index (χ0v) is 23.2. The number of hydrogen-bond acceptors (Lipinski definition) is 5. The molecule has 2 bridgehead atoms. The SMILES string of the molecule is CCCNC(=O)[C@@H]1[C@H]2C(=O)N([C@@H](CO)CC(C)C)C(C(=O)Nc3c(C)cccc3C)C23CC[C@@]1(C)S3. The summed E-state index contributed by atoms with van der Waals surface area (Å²) in [5.74, 6) is -1.31. The molecule has 1 aromatic carbocycles. The van der Waals surface area contributed by atoms with Gasteiger partial charge in [0.15, 0.2) is 0 Å². The van der Waals surface area contributed by atoms with Crippen LogP contribution in [0.4, 0.5) is 5.69 Å². The number of carbonyl (C=O) groups excluding carboxylic acids is 3. The smallest absolute Gasteiger partial charge is 0.248 e. The Bertz CT molecular complexity index is 1030. The molecule has 0 saturated carbocycles. The number of aliphatic hydroxyl groups excluding tert-OH is 1. The Labute approximate surface area is 219 Å². The number of nitrogens with zero attached hydrogens (tertiary/aromatic N) is 1. The Morgan fingerprint density at radius 3 is 2.44 bits per heavy atom. The Balaban J connectivity index is 1.79. The summed E-state index contributed by atoms with van der Waals surface area (Å²) in [6, 6.07) is 4.65. The third-order valence-electron chi connectivity index (χ3n) is 8.37. The van der Waals surface area contributed by atoms with Crippen LogP contribution in [0.1, 0.15) is 64.5 Å². The van der Waals surface area contributed by atoms with E-state index in [1.165, 1.54) is 0 Å². The second kappa shape index (κ2) is 10.0. The van der Waals surface area contributed by atoms with Gasteiger partial charge in [0.1, 0.15) is 6.04 Å². The summed E-state index contributed by atoms with van der Waals surface area (Å²) in [6.45, 7) is 12.5. The molecular weight excluding hydrogens is 474 g/mol. The lowest BCUT2D eigenvalue weighted by Crippen LogP contribution is -2.55. The number of para-hydroxylation sites is 1. The zero-order chi connectivity index (χ0) is 26.4. The van der Waals surface area contributed by atoms with Crippen LogP contribution in [0, 0.1) is 31.6 Å². The molecule has 1 aromatic rings. The lowest BCUT2D eigenvalue weighted by Gasteiger charge is -2.37. The first-order chi connectivity index (χ1) is 17.0. The molecule has 3 saturated heterocycles. The average molecular weight is 516 g/mol. The summed E-state index contributed by atoms with van der Waals surface area (Å²) in [7, 11) is 0. The summed E-state index contributed by atoms with van der Waals surface area (Å²) in [5.41, 5.74) is 2.68. The van der Waals surface area contributed by atoms with E-state index < -0.39 is 33.4 Å². The molecule has 1 spiro atoms. The maximum Gasteiger partial charge on any atom is 0.248 e. The highest BCUT2D eigenvalue weighted by atomic mass is 32.2. The number of rotatable bonds is 9. The number of aliphatic hydroxyl groups is 1. The van der Waals surface area contributed by atoms with E-state index in [1.807, 2.05) is 39.0 Å². The van der Waals surface area contributed by atoms with Gasteiger partial charge in [0.25, 0.3) is 0 Å². The minimum absolute atomic E-state index is 0.0908. The van der Waals surface area contributed by atoms with Crippen molar-refractivity contribution in [2.75, 3.05) is 18.5 Å². The monoisotopic (exact) mass is 515 g/mol. The van der Waals surface area contributed by atoms with Gasteiger partial charge in [-0.05, 0) is 63.5 Å². The van der Waals surface area contributed by atoms with E-state index in [0.29, 0.717) is 19.4 Å². The minimum Gasteiger partial charge on any atom is -0.394 e. The normalized spacial score (nSPS) is 31.6. The van der Waals surface area contributed by atoms with Crippen molar-refractivity contribution in [1.82, 2.24) is 10.2 Å². The Kier molecular flexibility index (Phi) is 7.50. The highest BCUT2D eigenvalue weighted by Crippen LogP contribution is 2.71. The predicted octanol–water partition coefficient (Wildman–Crippen LogP) is 3.66. The molecule has 3 amide bonds. The van der Waals surface area contributed by atoms with Crippen molar-refractivity contribution in [3.63, 3.8) is 0 Å². The van der Waals surface area contributed by atoms with Crippen LogP contribution in [-0.4, -0.2) is 62.5 Å². The van der Waals surface area contributed by atoms with Crippen LogP contribution >= 0.6 is 11.8 Å².